The molecule has 14 heavy (non-hydrogen) atoms. The number of pyridine rings is 1. The van der Waals surface area contributed by atoms with Crippen LogP contribution in [0, 0.1) is 0 Å². The van der Waals surface area contributed by atoms with E-state index in [2.05, 4.69) is 10.1 Å². The topological polar surface area (TPSA) is 45.5 Å². The molecule has 1 rings (SSSR count). The van der Waals surface area contributed by atoms with Gasteiger partial charge in [0.1, 0.15) is 0 Å². The van der Waals surface area contributed by atoms with Crippen molar-refractivity contribution in [3.05, 3.63) is 35.1 Å². The minimum absolute atomic E-state index is 0.589. The molecule has 3 nitrogen and oxygen atoms in total. The highest BCUT2D eigenvalue weighted by Gasteiger charge is 1.92. The van der Waals surface area contributed by atoms with Crippen molar-refractivity contribution < 1.29 is 5.21 Å². The van der Waals surface area contributed by atoms with Gasteiger partial charge in [-0.25, -0.2) is 0 Å². The van der Waals surface area contributed by atoms with Gasteiger partial charge in [0.05, 0.1) is 10.7 Å². The summed E-state index contributed by atoms with van der Waals surface area (Å²) in [5, 5.41) is 12.3. The summed E-state index contributed by atoms with van der Waals surface area (Å²) in [6.45, 7) is 1.91. The van der Waals surface area contributed by atoms with Crippen LogP contribution >= 0.6 is 11.6 Å². The average molecular weight is 211 g/mol. The van der Waals surface area contributed by atoms with Crippen LogP contribution in [-0.4, -0.2) is 15.9 Å². The fourth-order valence-corrected chi connectivity index (χ4v) is 1.12. The highest BCUT2D eigenvalue weighted by molar-refractivity contribution is 6.30. The van der Waals surface area contributed by atoms with Gasteiger partial charge in [-0.3, -0.25) is 4.98 Å². The molecule has 0 bridgehead atoms. The zero-order valence-electron chi connectivity index (χ0n) is 7.81. The van der Waals surface area contributed by atoms with Crippen molar-refractivity contribution in [2.45, 2.75) is 13.3 Å². The van der Waals surface area contributed by atoms with Gasteiger partial charge in [-0.1, -0.05) is 29.8 Å². The van der Waals surface area contributed by atoms with E-state index in [-0.39, 0.29) is 0 Å². The average Bonchev–Trinajstić information content (AvgIpc) is 2.19. The van der Waals surface area contributed by atoms with Gasteiger partial charge in [0.2, 0.25) is 0 Å². The molecule has 74 valence electrons. The molecule has 1 aromatic rings. The molecule has 0 spiro atoms. The fraction of sp³-hybridized carbons (Fsp3) is 0.200. The maximum atomic E-state index is 8.55. The summed E-state index contributed by atoms with van der Waals surface area (Å²) in [6.07, 6.45) is 7.47. The minimum Gasteiger partial charge on any atom is -0.411 e. The molecule has 1 heterocycles. The molecule has 0 aromatic carbocycles. The molecule has 0 aliphatic heterocycles. The van der Waals surface area contributed by atoms with Gasteiger partial charge < -0.3 is 5.21 Å². The Morgan fingerprint density at radius 3 is 3.00 bits per heavy atom. The Bertz CT molecular complexity index is 361. The van der Waals surface area contributed by atoms with Crippen LogP contribution in [0.4, 0.5) is 0 Å². The van der Waals surface area contributed by atoms with Crippen molar-refractivity contribution in [3.8, 4) is 0 Å². The summed E-state index contributed by atoms with van der Waals surface area (Å²) in [5.41, 5.74) is 1.50. The Morgan fingerprint density at radius 1 is 1.64 bits per heavy atom. The van der Waals surface area contributed by atoms with Crippen molar-refractivity contribution in [3.63, 3.8) is 0 Å². The quantitative estimate of drug-likeness (QED) is 0.474. The fourth-order valence-electron chi connectivity index (χ4n) is 0.934. The molecule has 0 aliphatic rings. The van der Waals surface area contributed by atoms with Gasteiger partial charge in [0.15, 0.2) is 0 Å². The molecule has 1 N–H and O–H groups in total. The number of aromatic nitrogens is 1. The van der Waals surface area contributed by atoms with Crippen LogP contribution in [0.25, 0.3) is 6.08 Å². The molecule has 0 saturated carbocycles. The first-order chi connectivity index (χ1) is 6.76. The lowest BCUT2D eigenvalue weighted by Crippen LogP contribution is -1.89. The summed E-state index contributed by atoms with van der Waals surface area (Å²) >= 11 is 5.75. The van der Waals surface area contributed by atoms with E-state index >= 15 is 0 Å². The van der Waals surface area contributed by atoms with Crippen molar-refractivity contribution in [2.24, 2.45) is 5.16 Å². The number of hydrogen-bond donors (Lipinski definition) is 1. The lowest BCUT2D eigenvalue weighted by Gasteiger charge is -1.94. The SMILES string of the molecule is CCC(C=Cc1cncc(Cl)c1)=NO. The van der Waals surface area contributed by atoms with Crippen LogP contribution in [0.2, 0.25) is 5.02 Å². The molecule has 0 fully saturated rings. The Morgan fingerprint density at radius 2 is 2.43 bits per heavy atom. The van der Waals surface area contributed by atoms with E-state index in [1.807, 2.05) is 6.92 Å². The molecular formula is C10H11ClN2O. The Balaban J connectivity index is 2.78. The standard InChI is InChI=1S/C10H11ClN2O/c1-2-10(13-14)4-3-8-5-9(11)7-12-6-8/h3-7,14H,2H2,1H3. The third kappa shape index (κ3) is 3.18. The first kappa shape index (κ1) is 10.7. The molecule has 0 aliphatic carbocycles. The molecule has 0 amide bonds. The third-order valence-electron chi connectivity index (χ3n) is 1.68. The second-order valence-corrected chi connectivity index (χ2v) is 3.15. The minimum atomic E-state index is 0.589. The molecule has 0 radical (unpaired) electrons. The number of rotatable bonds is 3. The van der Waals surface area contributed by atoms with E-state index in [4.69, 9.17) is 16.8 Å². The number of nitrogens with zero attached hydrogens (tertiary/aromatic N) is 2. The van der Waals surface area contributed by atoms with Crippen LogP contribution in [0.3, 0.4) is 0 Å². The highest BCUT2D eigenvalue weighted by Crippen LogP contribution is 2.09. The third-order valence-corrected chi connectivity index (χ3v) is 1.89. The summed E-state index contributed by atoms with van der Waals surface area (Å²) in [6, 6.07) is 1.79. The summed E-state index contributed by atoms with van der Waals surface area (Å²) in [5.74, 6) is 0. The number of halogens is 1. The van der Waals surface area contributed by atoms with E-state index in [0.29, 0.717) is 17.2 Å². The maximum Gasteiger partial charge on any atom is 0.0793 e. The number of oxime groups is 1. The molecule has 0 atom stereocenters. The van der Waals surface area contributed by atoms with Gasteiger partial charge in [0.25, 0.3) is 0 Å². The van der Waals surface area contributed by atoms with Crippen LogP contribution in [0.5, 0.6) is 0 Å². The smallest absolute Gasteiger partial charge is 0.0793 e. The van der Waals surface area contributed by atoms with Crippen LogP contribution in [0.15, 0.2) is 29.7 Å². The monoisotopic (exact) mass is 210 g/mol. The normalized spacial score (nSPS) is 12.3. The maximum absolute atomic E-state index is 8.55. The van der Waals surface area contributed by atoms with Gasteiger partial charge in [0, 0.05) is 12.4 Å². The number of allylic oxidation sites excluding steroid dienone is 1. The van der Waals surface area contributed by atoms with Crippen molar-refractivity contribution in [1.29, 1.82) is 0 Å². The first-order valence-electron chi connectivity index (χ1n) is 4.26. The predicted octanol–water partition coefficient (Wildman–Crippen LogP) is 2.99. The van der Waals surface area contributed by atoms with Crippen LogP contribution in [0.1, 0.15) is 18.9 Å². The van der Waals surface area contributed by atoms with E-state index < -0.39 is 0 Å². The number of hydrogen-bond acceptors (Lipinski definition) is 3. The van der Waals surface area contributed by atoms with E-state index in [1.54, 1.807) is 30.6 Å². The van der Waals surface area contributed by atoms with Crippen molar-refractivity contribution >= 4 is 23.4 Å². The van der Waals surface area contributed by atoms with E-state index in [1.165, 1.54) is 0 Å². The lowest BCUT2D eigenvalue weighted by molar-refractivity contribution is 0.318. The Labute approximate surface area is 87.7 Å². The van der Waals surface area contributed by atoms with Crippen LogP contribution in [-0.2, 0) is 0 Å². The van der Waals surface area contributed by atoms with Crippen molar-refractivity contribution in [2.75, 3.05) is 0 Å². The van der Waals surface area contributed by atoms with Gasteiger partial charge in [-0.2, -0.15) is 0 Å². The summed E-state index contributed by atoms with van der Waals surface area (Å²) in [7, 11) is 0. The Kier molecular flexibility index (Phi) is 4.13. The molecular weight excluding hydrogens is 200 g/mol. The second kappa shape index (κ2) is 5.40. The largest absolute Gasteiger partial charge is 0.411 e. The molecule has 0 unspecified atom stereocenters. The second-order valence-electron chi connectivity index (χ2n) is 2.71. The lowest BCUT2D eigenvalue weighted by atomic mass is 10.2. The van der Waals surface area contributed by atoms with E-state index in [9.17, 15) is 0 Å². The zero-order valence-corrected chi connectivity index (χ0v) is 8.57. The van der Waals surface area contributed by atoms with Gasteiger partial charge in [-0.05, 0) is 24.1 Å². The zero-order chi connectivity index (χ0) is 10.4. The van der Waals surface area contributed by atoms with Gasteiger partial charge in [-0.15, -0.1) is 0 Å². The summed E-state index contributed by atoms with van der Waals surface area (Å²) in [4.78, 5) is 3.93. The highest BCUT2D eigenvalue weighted by atomic mass is 35.5. The van der Waals surface area contributed by atoms with Gasteiger partial charge >= 0.3 is 0 Å². The predicted molar refractivity (Wildman–Crippen MR) is 57.8 cm³/mol. The van der Waals surface area contributed by atoms with Crippen molar-refractivity contribution in [1.82, 2.24) is 4.98 Å². The first-order valence-corrected chi connectivity index (χ1v) is 4.63. The van der Waals surface area contributed by atoms with Crippen LogP contribution < -0.4 is 0 Å². The molecule has 0 saturated heterocycles. The Hall–Kier alpha value is -1.35. The summed E-state index contributed by atoms with van der Waals surface area (Å²) < 4.78 is 0. The molecule has 1 aromatic heterocycles. The van der Waals surface area contributed by atoms with E-state index in [0.717, 1.165) is 5.56 Å². The molecule has 4 heteroatoms.